The van der Waals surface area contributed by atoms with E-state index in [1.54, 1.807) is 24.3 Å². The molecule has 2 amide bonds. The van der Waals surface area contributed by atoms with Crippen LogP contribution in [0.2, 0.25) is 0 Å². The molecule has 0 aliphatic heterocycles. The first-order valence-electron chi connectivity index (χ1n) is 7.65. The standard InChI is InChI=1S/C18H15N5O4/c1-12(24)22(16-6-2-4-14(20)8-16)11-13(10-19)18(25)21-15-5-3-7-17(9-15)23(26)27/h2-9,11H,20H2,1H3,(H,21,25)/b13-11-. The number of carbonyl (C=O) groups is 2. The van der Waals surface area contributed by atoms with Crippen LogP contribution >= 0.6 is 0 Å². The lowest BCUT2D eigenvalue weighted by Crippen LogP contribution is -2.25. The largest absolute Gasteiger partial charge is 0.399 e. The molecule has 0 saturated heterocycles. The Morgan fingerprint density at radius 3 is 2.56 bits per heavy atom. The Labute approximate surface area is 154 Å². The van der Waals surface area contributed by atoms with Gasteiger partial charge in [0.1, 0.15) is 11.6 Å². The molecule has 0 aromatic heterocycles. The summed E-state index contributed by atoms with van der Waals surface area (Å²) in [7, 11) is 0. The van der Waals surface area contributed by atoms with Gasteiger partial charge in [-0.05, 0) is 24.3 Å². The van der Waals surface area contributed by atoms with Crippen LogP contribution in [0.15, 0.2) is 60.3 Å². The van der Waals surface area contributed by atoms with Crippen LogP contribution in [0.4, 0.5) is 22.7 Å². The van der Waals surface area contributed by atoms with Crippen molar-refractivity contribution in [2.75, 3.05) is 16.0 Å². The first-order valence-corrected chi connectivity index (χ1v) is 7.65. The third kappa shape index (κ3) is 4.90. The van der Waals surface area contributed by atoms with Crippen molar-refractivity contribution >= 4 is 34.6 Å². The summed E-state index contributed by atoms with van der Waals surface area (Å²) < 4.78 is 0. The lowest BCUT2D eigenvalue weighted by atomic mass is 10.2. The van der Waals surface area contributed by atoms with Crippen LogP contribution in [-0.4, -0.2) is 16.7 Å². The van der Waals surface area contributed by atoms with Gasteiger partial charge in [-0.3, -0.25) is 24.6 Å². The fraction of sp³-hybridized carbons (Fsp3) is 0.0556. The summed E-state index contributed by atoms with van der Waals surface area (Å²) in [6.07, 6.45) is 1.09. The molecule has 0 bridgehead atoms. The average Bonchev–Trinajstić information content (AvgIpc) is 2.62. The van der Waals surface area contributed by atoms with Gasteiger partial charge in [-0.15, -0.1) is 0 Å². The summed E-state index contributed by atoms with van der Waals surface area (Å²) >= 11 is 0. The molecule has 0 aliphatic rings. The second-order valence-corrected chi connectivity index (χ2v) is 5.40. The van der Waals surface area contributed by atoms with Crippen molar-refractivity contribution in [1.29, 1.82) is 5.26 Å². The number of non-ortho nitro benzene ring substituents is 1. The number of nitro groups is 1. The molecule has 0 radical (unpaired) electrons. The van der Waals surface area contributed by atoms with E-state index in [4.69, 9.17) is 5.73 Å². The molecule has 0 heterocycles. The second kappa shape index (κ2) is 8.26. The number of nitrogens with zero attached hydrogens (tertiary/aromatic N) is 3. The molecule has 0 spiro atoms. The summed E-state index contributed by atoms with van der Waals surface area (Å²) in [5.41, 5.74) is 6.08. The van der Waals surface area contributed by atoms with Crippen LogP contribution in [0.3, 0.4) is 0 Å². The second-order valence-electron chi connectivity index (χ2n) is 5.40. The monoisotopic (exact) mass is 365 g/mol. The fourth-order valence-corrected chi connectivity index (χ4v) is 2.18. The summed E-state index contributed by atoms with van der Waals surface area (Å²) in [6.45, 7) is 1.27. The number of nitrogens with two attached hydrogens (primary N) is 1. The Kier molecular flexibility index (Phi) is 5.86. The van der Waals surface area contributed by atoms with Gasteiger partial charge in [-0.2, -0.15) is 5.26 Å². The topological polar surface area (TPSA) is 142 Å². The third-order valence-electron chi connectivity index (χ3n) is 3.43. The van der Waals surface area contributed by atoms with Crippen LogP contribution in [0.5, 0.6) is 0 Å². The zero-order valence-corrected chi connectivity index (χ0v) is 14.2. The highest BCUT2D eigenvalue weighted by Crippen LogP contribution is 2.20. The van der Waals surface area contributed by atoms with Crippen molar-refractivity contribution in [3.8, 4) is 6.07 Å². The fourth-order valence-electron chi connectivity index (χ4n) is 2.18. The lowest BCUT2D eigenvalue weighted by molar-refractivity contribution is -0.384. The van der Waals surface area contributed by atoms with E-state index >= 15 is 0 Å². The maximum atomic E-state index is 12.3. The minimum Gasteiger partial charge on any atom is -0.399 e. The van der Waals surface area contributed by atoms with Gasteiger partial charge in [0.05, 0.1) is 10.6 Å². The highest BCUT2D eigenvalue weighted by atomic mass is 16.6. The van der Waals surface area contributed by atoms with Gasteiger partial charge in [0.15, 0.2) is 0 Å². The first-order chi connectivity index (χ1) is 12.8. The number of anilines is 3. The van der Waals surface area contributed by atoms with Crippen molar-refractivity contribution in [1.82, 2.24) is 0 Å². The van der Waals surface area contributed by atoms with Gasteiger partial charge in [0.25, 0.3) is 11.6 Å². The first kappa shape index (κ1) is 19.1. The van der Waals surface area contributed by atoms with E-state index in [0.717, 1.165) is 17.2 Å². The Hall–Kier alpha value is -4.19. The van der Waals surface area contributed by atoms with E-state index in [9.17, 15) is 25.0 Å². The number of hydrogen-bond acceptors (Lipinski definition) is 6. The molecule has 0 saturated carbocycles. The summed E-state index contributed by atoms with van der Waals surface area (Å²) in [5, 5.41) is 22.5. The average molecular weight is 365 g/mol. The maximum absolute atomic E-state index is 12.3. The van der Waals surface area contributed by atoms with Crippen LogP contribution in [0.25, 0.3) is 0 Å². The van der Waals surface area contributed by atoms with Gasteiger partial charge in [0, 0.05) is 36.6 Å². The Morgan fingerprint density at radius 1 is 1.26 bits per heavy atom. The predicted molar refractivity (Wildman–Crippen MR) is 99.4 cm³/mol. The molecule has 2 rings (SSSR count). The number of carbonyl (C=O) groups excluding carboxylic acids is 2. The Bertz CT molecular complexity index is 978. The highest BCUT2D eigenvalue weighted by molar-refractivity contribution is 6.08. The summed E-state index contributed by atoms with van der Waals surface area (Å²) in [6, 6.07) is 13.4. The smallest absolute Gasteiger partial charge is 0.271 e. The van der Waals surface area contributed by atoms with Gasteiger partial charge in [-0.1, -0.05) is 12.1 Å². The number of nitrogens with one attached hydrogen (secondary N) is 1. The molecule has 9 heteroatoms. The SMILES string of the molecule is CC(=O)N(/C=C(/C#N)C(=O)Nc1cccc([N+](=O)[O-])c1)c1cccc(N)c1. The molecule has 3 N–H and O–H groups in total. The van der Waals surface area contributed by atoms with E-state index in [0.29, 0.717) is 11.4 Å². The van der Waals surface area contributed by atoms with Crippen molar-refractivity contribution in [2.24, 2.45) is 0 Å². The van der Waals surface area contributed by atoms with E-state index in [-0.39, 0.29) is 16.9 Å². The molecule has 2 aromatic rings. The van der Waals surface area contributed by atoms with E-state index in [2.05, 4.69) is 5.32 Å². The van der Waals surface area contributed by atoms with Gasteiger partial charge in [0.2, 0.25) is 5.91 Å². The molecular formula is C18H15N5O4. The van der Waals surface area contributed by atoms with Crippen molar-refractivity contribution in [3.63, 3.8) is 0 Å². The number of benzene rings is 2. The van der Waals surface area contributed by atoms with Gasteiger partial charge in [-0.25, -0.2) is 0 Å². The number of rotatable bonds is 5. The molecule has 136 valence electrons. The molecule has 0 atom stereocenters. The summed E-state index contributed by atoms with van der Waals surface area (Å²) in [4.78, 5) is 35.6. The lowest BCUT2D eigenvalue weighted by Gasteiger charge is -2.17. The third-order valence-corrected chi connectivity index (χ3v) is 3.43. The molecule has 9 nitrogen and oxygen atoms in total. The molecule has 0 fully saturated rings. The zero-order chi connectivity index (χ0) is 20.0. The van der Waals surface area contributed by atoms with Crippen molar-refractivity contribution in [3.05, 3.63) is 70.4 Å². The molecule has 0 aliphatic carbocycles. The minimum absolute atomic E-state index is 0.147. The van der Waals surface area contributed by atoms with E-state index < -0.39 is 16.7 Å². The maximum Gasteiger partial charge on any atom is 0.271 e. The predicted octanol–water partition coefficient (Wildman–Crippen LogP) is 2.58. The number of nitrogen functional groups attached to an aromatic ring is 1. The Balaban J connectivity index is 2.31. The van der Waals surface area contributed by atoms with E-state index in [1.165, 1.54) is 31.2 Å². The minimum atomic E-state index is -0.812. The Morgan fingerprint density at radius 2 is 1.96 bits per heavy atom. The molecule has 0 unspecified atom stereocenters. The van der Waals surface area contributed by atoms with Crippen molar-refractivity contribution < 1.29 is 14.5 Å². The highest BCUT2D eigenvalue weighted by Gasteiger charge is 2.16. The molecule has 2 aromatic carbocycles. The number of nitro benzene ring substituents is 1. The summed E-state index contributed by atoms with van der Waals surface area (Å²) in [5.74, 6) is -1.25. The van der Waals surface area contributed by atoms with Gasteiger partial charge >= 0.3 is 0 Å². The van der Waals surface area contributed by atoms with Gasteiger partial charge < -0.3 is 11.1 Å². The normalized spacial score (nSPS) is 10.6. The van der Waals surface area contributed by atoms with Crippen LogP contribution < -0.4 is 16.0 Å². The number of nitriles is 1. The van der Waals surface area contributed by atoms with Crippen LogP contribution in [0.1, 0.15) is 6.92 Å². The van der Waals surface area contributed by atoms with Crippen molar-refractivity contribution in [2.45, 2.75) is 6.92 Å². The quantitative estimate of drug-likeness (QED) is 0.274. The van der Waals surface area contributed by atoms with Crippen LogP contribution in [0, 0.1) is 21.4 Å². The molecular weight excluding hydrogens is 350 g/mol. The zero-order valence-electron chi connectivity index (χ0n) is 14.2. The van der Waals surface area contributed by atoms with E-state index in [1.807, 2.05) is 0 Å². The van der Waals surface area contributed by atoms with Crippen LogP contribution in [-0.2, 0) is 9.59 Å². The number of amides is 2. The molecule has 27 heavy (non-hydrogen) atoms. The number of hydrogen-bond donors (Lipinski definition) is 2.